The first-order chi connectivity index (χ1) is 21.3. The summed E-state index contributed by atoms with van der Waals surface area (Å²) in [6, 6.07) is 40.0. The topological polar surface area (TPSA) is 75.6 Å². The molecule has 0 amide bonds. The van der Waals surface area contributed by atoms with Crippen LogP contribution in [0.5, 0.6) is 0 Å². The van der Waals surface area contributed by atoms with Crippen molar-refractivity contribution in [2.24, 2.45) is 0 Å². The molecular weight excluding hydrogens is 544 g/mol. The van der Waals surface area contributed by atoms with Crippen molar-refractivity contribution in [3.8, 4) is 0 Å². The Morgan fingerprint density at radius 1 is 0.488 bits per heavy atom. The van der Waals surface area contributed by atoms with E-state index in [9.17, 15) is 5.11 Å². The molecule has 0 aliphatic carbocycles. The molecule has 5 rings (SSSR count). The van der Waals surface area contributed by atoms with Gasteiger partial charge >= 0.3 is 0 Å². The molecule has 0 radical (unpaired) electrons. The van der Waals surface area contributed by atoms with Crippen molar-refractivity contribution >= 4 is 0 Å². The lowest BCUT2D eigenvalue weighted by molar-refractivity contribution is -0.329. The van der Waals surface area contributed by atoms with E-state index in [1.807, 2.05) is 121 Å². The lowest BCUT2D eigenvalue weighted by atomic mass is 9.97. The second kappa shape index (κ2) is 17.0. The highest BCUT2D eigenvalue weighted by Gasteiger charge is 2.49. The van der Waals surface area contributed by atoms with Crippen LogP contribution >= 0.6 is 0 Å². The average molecular weight is 585 g/mol. The Hall–Kier alpha value is -3.40. The molecule has 7 heteroatoms. The standard InChI is InChI=1S/C36H40O7/c37-21-22-39-36-35(42-26-31-19-11-4-12-20-31)34(41-25-30-17-9-3-10-18-30)33(40-24-29-15-7-2-8-16-29)32(43-36)27-38-23-28-13-5-1-6-14-28/h1-20,32-37H,21-27H2/t32-,33-,34+,35-,36+/m1/s1. The average Bonchev–Trinajstić information content (AvgIpc) is 3.07. The minimum absolute atomic E-state index is 0.0917. The van der Waals surface area contributed by atoms with Crippen LogP contribution in [-0.4, -0.2) is 55.6 Å². The van der Waals surface area contributed by atoms with Gasteiger partial charge in [-0.1, -0.05) is 121 Å². The van der Waals surface area contributed by atoms with Gasteiger partial charge in [-0.05, 0) is 22.3 Å². The smallest absolute Gasteiger partial charge is 0.187 e. The van der Waals surface area contributed by atoms with Crippen LogP contribution in [-0.2, 0) is 54.8 Å². The van der Waals surface area contributed by atoms with Gasteiger partial charge in [-0.25, -0.2) is 0 Å². The van der Waals surface area contributed by atoms with Gasteiger partial charge < -0.3 is 33.5 Å². The third kappa shape index (κ3) is 9.55. The Labute approximate surface area is 253 Å². The molecule has 0 unspecified atom stereocenters. The first-order valence-electron chi connectivity index (χ1n) is 14.8. The monoisotopic (exact) mass is 584 g/mol. The maximum atomic E-state index is 9.60. The van der Waals surface area contributed by atoms with Crippen molar-refractivity contribution < 1.29 is 33.5 Å². The van der Waals surface area contributed by atoms with Crippen LogP contribution in [0.1, 0.15) is 22.3 Å². The van der Waals surface area contributed by atoms with E-state index in [2.05, 4.69) is 0 Å². The van der Waals surface area contributed by atoms with Gasteiger partial charge in [-0.2, -0.15) is 0 Å². The van der Waals surface area contributed by atoms with E-state index in [0.29, 0.717) is 26.4 Å². The van der Waals surface area contributed by atoms with Crippen LogP contribution < -0.4 is 0 Å². The highest BCUT2D eigenvalue weighted by Crippen LogP contribution is 2.31. The Kier molecular flexibility index (Phi) is 12.3. The minimum Gasteiger partial charge on any atom is -0.394 e. The molecule has 1 fully saturated rings. The Balaban J connectivity index is 1.41. The van der Waals surface area contributed by atoms with Gasteiger partial charge in [0, 0.05) is 0 Å². The summed E-state index contributed by atoms with van der Waals surface area (Å²) < 4.78 is 38.5. The Morgan fingerprint density at radius 2 is 0.907 bits per heavy atom. The van der Waals surface area contributed by atoms with Crippen molar-refractivity contribution in [1.82, 2.24) is 0 Å². The number of hydrogen-bond donors (Lipinski definition) is 1. The number of aliphatic hydroxyl groups excluding tert-OH is 1. The number of ether oxygens (including phenoxy) is 6. The third-order valence-corrected chi connectivity index (χ3v) is 7.21. The summed E-state index contributed by atoms with van der Waals surface area (Å²) in [5.41, 5.74) is 4.14. The van der Waals surface area contributed by atoms with E-state index in [1.54, 1.807) is 0 Å². The highest BCUT2D eigenvalue weighted by molar-refractivity contribution is 5.16. The second-order valence-electron chi connectivity index (χ2n) is 10.4. The molecule has 0 bridgehead atoms. The van der Waals surface area contributed by atoms with E-state index in [4.69, 9.17) is 28.4 Å². The largest absolute Gasteiger partial charge is 0.394 e. The SMILES string of the molecule is OCCO[C@H]1O[C@H](COCc2ccccc2)[C@@H](OCc2ccccc2)[C@H](OCc2ccccc2)[C@H]1OCc1ccccc1. The lowest BCUT2D eigenvalue weighted by Gasteiger charge is -2.45. The predicted molar refractivity (Wildman–Crippen MR) is 163 cm³/mol. The van der Waals surface area contributed by atoms with Crippen molar-refractivity contribution in [3.05, 3.63) is 144 Å². The van der Waals surface area contributed by atoms with Crippen LogP contribution in [0.15, 0.2) is 121 Å². The fourth-order valence-electron chi connectivity index (χ4n) is 5.05. The number of hydrogen-bond acceptors (Lipinski definition) is 7. The third-order valence-electron chi connectivity index (χ3n) is 7.21. The lowest BCUT2D eigenvalue weighted by Crippen LogP contribution is -2.61. The normalized spacial score (nSPS) is 21.9. The molecule has 0 spiro atoms. The summed E-state index contributed by atoms with van der Waals surface area (Å²) in [6.07, 6.45) is -3.06. The fourth-order valence-corrected chi connectivity index (χ4v) is 5.05. The number of benzene rings is 4. The molecule has 226 valence electrons. The molecule has 1 aliphatic heterocycles. The van der Waals surface area contributed by atoms with Crippen LogP contribution in [0.3, 0.4) is 0 Å². The maximum absolute atomic E-state index is 9.60. The van der Waals surface area contributed by atoms with Crippen molar-refractivity contribution in [1.29, 1.82) is 0 Å². The molecule has 1 saturated heterocycles. The van der Waals surface area contributed by atoms with Crippen LogP contribution in [0.25, 0.3) is 0 Å². The number of rotatable bonds is 16. The summed E-state index contributed by atoms with van der Waals surface area (Å²) >= 11 is 0. The van der Waals surface area contributed by atoms with E-state index in [0.717, 1.165) is 22.3 Å². The zero-order valence-corrected chi connectivity index (χ0v) is 24.3. The van der Waals surface area contributed by atoms with Gasteiger partial charge in [0.25, 0.3) is 0 Å². The van der Waals surface area contributed by atoms with Gasteiger partial charge in [0.05, 0.1) is 46.2 Å². The molecule has 1 heterocycles. The molecule has 5 atom stereocenters. The maximum Gasteiger partial charge on any atom is 0.187 e. The summed E-state index contributed by atoms with van der Waals surface area (Å²) in [4.78, 5) is 0. The summed E-state index contributed by atoms with van der Waals surface area (Å²) in [7, 11) is 0. The summed E-state index contributed by atoms with van der Waals surface area (Å²) in [5.74, 6) is 0. The quantitative estimate of drug-likeness (QED) is 0.181. The van der Waals surface area contributed by atoms with Crippen molar-refractivity contribution in [2.45, 2.75) is 57.1 Å². The molecule has 4 aromatic rings. The highest BCUT2D eigenvalue weighted by atomic mass is 16.7. The molecule has 1 aliphatic rings. The van der Waals surface area contributed by atoms with E-state index in [-0.39, 0.29) is 19.8 Å². The second-order valence-corrected chi connectivity index (χ2v) is 10.4. The molecule has 0 saturated carbocycles. The summed E-state index contributed by atoms with van der Waals surface area (Å²) in [6.45, 7) is 1.68. The Bertz CT molecular complexity index is 1290. The predicted octanol–water partition coefficient (Wildman–Crippen LogP) is 5.69. The fraction of sp³-hybridized carbons (Fsp3) is 0.333. The van der Waals surface area contributed by atoms with E-state index in [1.165, 1.54) is 0 Å². The first kappa shape index (κ1) is 31.0. The van der Waals surface area contributed by atoms with E-state index < -0.39 is 30.7 Å². The van der Waals surface area contributed by atoms with Gasteiger partial charge in [-0.3, -0.25) is 0 Å². The zero-order chi connectivity index (χ0) is 29.5. The van der Waals surface area contributed by atoms with Crippen molar-refractivity contribution in [3.63, 3.8) is 0 Å². The van der Waals surface area contributed by atoms with Gasteiger partial charge in [-0.15, -0.1) is 0 Å². The van der Waals surface area contributed by atoms with Crippen LogP contribution in [0, 0.1) is 0 Å². The Morgan fingerprint density at radius 3 is 1.37 bits per heavy atom. The van der Waals surface area contributed by atoms with Crippen molar-refractivity contribution in [2.75, 3.05) is 19.8 Å². The molecule has 0 aromatic heterocycles. The molecule has 43 heavy (non-hydrogen) atoms. The van der Waals surface area contributed by atoms with E-state index >= 15 is 0 Å². The van der Waals surface area contributed by atoms with Gasteiger partial charge in [0.2, 0.25) is 0 Å². The van der Waals surface area contributed by atoms with Crippen LogP contribution in [0.2, 0.25) is 0 Å². The van der Waals surface area contributed by atoms with Crippen LogP contribution in [0.4, 0.5) is 0 Å². The minimum atomic E-state index is -0.807. The molecule has 4 aromatic carbocycles. The first-order valence-corrected chi connectivity index (χ1v) is 14.8. The summed E-state index contributed by atoms with van der Waals surface area (Å²) in [5, 5.41) is 9.60. The molecule has 7 nitrogen and oxygen atoms in total. The molecule has 1 N–H and O–H groups in total. The van der Waals surface area contributed by atoms with Gasteiger partial charge in [0.15, 0.2) is 6.29 Å². The van der Waals surface area contributed by atoms with Gasteiger partial charge in [0.1, 0.15) is 24.4 Å². The zero-order valence-electron chi connectivity index (χ0n) is 24.3. The number of aliphatic hydroxyl groups is 1. The molecular formula is C36H40O7.